The first-order valence-corrected chi connectivity index (χ1v) is 8.65. The summed E-state index contributed by atoms with van der Waals surface area (Å²) in [4.78, 5) is 8.97. The zero-order valence-corrected chi connectivity index (χ0v) is 14.9. The minimum atomic E-state index is 0.541. The Balaban J connectivity index is 1.77. The second kappa shape index (κ2) is 7.06. The maximum Gasteiger partial charge on any atom is 0.161 e. The number of benzene rings is 1. The molecule has 26 heavy (non-hydrogen) atoms. The largest absolute Gasteiger partial charge is 0.380 e. The predicted molar refractivity (Wildman–Crippen MR) is 102 cm³/mol. The molecule has 3 heterocycles. The Bertz CT molecular complexity index is 1050. The molecule has 5 heteroatoms. The number of ether oxygens (including phenoxy) is 1. The fraction of sp³-hybridized carbons (Fsp3) is 0.190. The topological polar surface area (TPSA) is 52.8 Å². The zero-order valence-electron chi connectivity index (χ0n) is 14.9. The van der Waals surface area contributed by atoms with Crippen molar-refractivity contribution in [3.8, 4) is 16.9 Å². The van der Waals surface area contributed by atoms with Crippen molar-refractivity contribution in [1.29, 1.82) is 0 Å². The van der Waals surface area contributed by atoms with Crippen LogP contribution in [0.5, 0.6) is 0 Å². The van der Waals surface area contributed by atoms with E-state index in [9.17, 15) is 0 Å². The highest BCUT2D eigenvalue weighted by Gasteiger charge is 2.10. The van der Waals surface area contributed by atoms with Gasteiger partial charge in [0.05, 0.1) is 12.8 Å². The second-order valence-corrected chi connectivity index (χ2v) is 6.19. The minimum Gasteiger partial charge on any atom is -0.380 e. The van der Waals surface area contributed by atoms with E-state index in [1.54, 1.807) is 7.11 Å². The monoisotopic (exact) mass is 344 g/mol. The van der Waals surface area contributed by atoms with Gasteiger partial charge in [-0.15, -0.1) is 0 Å². The van der Waals surface area contributed by atoms with Gasteiger partial charge in [0.25, 0.3) is 0 Å². The van der Waals surface area contributed by atoms with E-state index < -0.39 is 0 Å². The van der Waals surface area contributed by atoms with E-state index in [0.717, 1.165) is 34.3 Å². The standard InChI is InChI=1S/C21H20N4O/c1-3-16-11-23-21(20-7-5-4-6-19(16)20)25-13-18(12-24-25)17-8-15(14-26-2)9-22-10-17/h4-13H,3,14H2,1-2H3. The van der Waals surface area contributed by atoms with Crippen LogP contribution >= 0.6 is 0 Å². The van der Waals surface area contributed by atoms with Crippen LogP contribution in [-0.2, 0) is 17.8 Å². The van der Waals surface area contributed by atoms with Gasteiger partial charge in [0.2, 0.25) is 0 Å². The van der Waals surface area contributed by atoms with Crippen LogP contribution < -0.4 is 0 Å². The molecular formula is C21H20N4O. The van der Waals surface area contributed by atoms with Gasteiger partial charge in [-0.3, -0.25) is 4.98 Å². The molecule has 0 saturated carbocycles. The average molecular weight is 344 g/mol. The van der Waals surface area contributed by atoms with Gasteiger partial charge in [0, 0.05) is 48.4 Å². The van der Waals surface area contributed by atoms with Gasteiger partial charge in [-0.25, -0.2) is 9.67 Å². The number of aryl methyl sites for hydroxylation is 1. The number of aromatic nitrogens is 4. The Morgan fingerprint density at radius 1 is 1.00 bits per heavy atom. The summed E-state index contributed by atoms with van der Waals surface area (Å²) in [5, 5.41) is 6.87. The van der Waals surface area contributed by atoms with E-state index in [4.69, 9.17) is 4.74 Å². The van der Waals surface area contributed by atoms with E-state index in [-0.39, 0.29) is 0 Å². The highest BCUT2D eigenvalue weighted by Crippen LogP contribution is 2.26. The Morgan fingerprint density at radius 3 is 2.65 bits per heavy atom. The van der Waals surface area contributed by atoms with E-state index >= 15 is 0 Å². The molecule has 0 aliphatic rings. The van der Waals surface area contributed by atoms with Gasteiger partial charge in [-0.05, 0) is 29.0 Å². The summed E-state index contributed by atoms with van der Waals surface area (Å²) in [7, 11) is 1.68. The van der Waals surface area contributed by atoms with Gasteiger partial charge < -0.3 is 4.74 Å². The quantitative estimate of drug-likeness (QED) is 0.545. The summed E-state index contributed by atoms with van der Waals surface area (Å²) in [6.45, 7) is 2.69. The first-order chi connectivity index (χ1) is 12.8. The van der Waals surface area contributed by atoms with Gasteiger partial charge in [-0.1, -0.05) is 31.2 Å². The molecule has 0 N–H and O–H groups in total. The summed E-state index contributed by atoms with van der Waals surface area (Å²) in [5.74, 6) is 0.838. The molecule has 1 aromatic carbocycles. The molecule has 130 valence electrons. The Morgan fingerprint density at radius 2 is 1.85 bits per heavy atom. The van der Waals surface area contributed by atoms with Crippen molar-refractivity contribution in [2.45, 2.75) is 20.0 Å². The van der Waals surface area contributed by atoms with Crippen molar-refractivity contribution in [3.05, 3.63) is 72.4 Å². The summed E-state index contributed by atoms with van der Waals surface area (Å²) >= 11 is 0. The van der Waals surface area contributed by atoms with Gasteiger partial charge >= 0.3 is 0 Å². The molecule has 0 saturated heterocycles. The Kier molecular flexibility index (Phi) is 4.46. The zero-order chi connectivity index (χ0) is 17.9. The van der Waals surface area contributed by atoms with Crippen LogP contribution in [0.2, 0.25) is 0 Å². The van der Waals surface area contributed by atoms with Gasteiger partial charge in [0.15, 0.2) is 5.82 Å². The van der Waals surface area contributed by atoms with Crippen molar-refractivity contribution < 1.29 is 4.74 Å². The number of hydrogen-bond donors (Lipinski definition) is 0. The number of methoxy groups -OCH3 is 1. The van der Waals surface area contributed by atoms with Crippen LogP contribution in [0.3, 0.4) is 0 Å². The first kappa shape index (κ1) is 16.4. The lowest BCUT2D eigenvalue weighted by molar-refractivity contribution is 0.184. The van der Waals surface area contributed by atoms with Gasteiger partial charge in [-0.2, -0.15) is 5.10 Å². The van der Waals surface area contributed by atoms with E-state index in [2.05, 4.69) is 46.3 Å². The molecule has 4 aromatic rings. The molecular weight excluding hydrogens is 324 g/mol. The fourth-order valence-electron chi connectivity index (χ4n) is 3.18. The molecule has 4 rings (SSSR count). The fourth-order valence-corrected chi connectivity index (χ4v) is 3.18. The lowest BCUT2D eigenvalue weighted by Gasteiger charge is -2.09. The highest BCUT2D eigenvalue weighted by molar-refractivity contribution is 5.91. The lowest BCUT2D eigenvalue weighted by atomic mass is 10.1. The Hall–Kier alpha value is -3.05. The van der Waals surface area contributed by atoms with Crippen LogP contribution in [0.1, 0.15) is 18.1 Å². The third kappa shape index (κ3) is 2.97. The molecule has 3 aromatic heterocycles. The SMILES string of the molecule is CCc1cnc(-n2cc(-c3cncc(COC)c3)cn2)c2ccccc12. The molecule has 0 bridgehead atoms. The normalized spacial score (nSPS) is 11.2. The molecule has 0 unspecified atom stereocenters. The van der Waals surface area contributed by atoms with Crippen LogP contribution in [0.4, 0.5) is 0 Å². The molecule has 0 fully saturated rings. The summed E-state index contributed by atoms with van der Waals surface area (Å²) in [6, 6.07) is 10.4. The second-order valence-electron chi connectivity index (χ2n) is 6.19. The summed E-state index contributed by atoms with van der Waals surface area (Å²) in [5.41, 5.74) is 4.29. The molecule has 5 nitrogen and oxygen atoms in total. The van der Waals surface area contributed by atoms with Crippen molar-refractivity contribution in [2.75, 3.05) is 7.11 Å². The number of hydrogen-bond acceptors (Lipinski definition) is 4. The first-order valence-electron chi connectivity index (χ1n) is 8.65. The molecule has 0 aliphatic carbocycles. The van der Waals surface area contributed by atoms with E-state index in [0.29, 0.717) is 6.61 Å². The maximum atomic E-state index is 5.19. The number of nitrogens with zero attached hydrogens (tertiary/aromatic N) is 4. The van der Waals surface area contributed by atoms with Crippen LogP contribution in [0, 0.1) is 0 Å². The van der Waals surface area contributed by atoms with Gasteiger partial charge in [0.1, 0.15) is 0 Å². The Labute approximate surface area is 152 Å². The van der Waals surface area contributed by atoms with Crippen molar-refractivity contribution in [2.24, 2.45) is 0 Å². The smallest absolute Gasteiger partial charge is 0.161 e. The molecule has 0 atom stereocenters. The van der Waals surface area contributed by atoms with Crippen molar-refractivity contribution in [3.63, 3.8) is 0 Å². The van der Waals surface area contributed by atoms with Crippen LogP contribution in [-0.4, -0.2) is 26.9 Å². The number of fused-ring (bicyclic) bond motifs is 1. The van der Waals surface area contributed by atoms with E-state index in [1.165, 1.54) is 10.9 Å². The average Bonchev–Trinajstić information content (AvgIpc) is 3.17. The minimum absolute atomic E-state index is 0.541. The third-order valence-electron chi connectivity index (χ3n) is 4.48. The van der Waals surface area contributed by atoms with Crippen molar-refractivity contribution in [1.82, 2.24) is 19.7 Å². The highest BCUT2D eigenvalue weighted by atomic mass is 16.5. The summed E-state index contributed by atoms with van der Waals surface area (Å²) in [6.07, 6.45) is 10.4. The molecule has 0 amide bonds. The number of pyridine rings is 2. The molecule has 0 aliphatic heterocycles. The molecule has 0 spiro atoms. The van der Waals surface area contributed by atoms with Crippen LogP contribution in [0.15, 0.2) is 61.3 Å². The number of rotatable bonds is 5. The van der Waals surface area contributed by atoms with Crippen molar-refractivity contribution >= 4 is 10.8 Å². The summed E-state index contributed by atoms with van der Waals surface area (Å²) < 4.78 is 7.03. The molecule has 0 radical (unpaired) electrons. The van der Waals surface area contributed by atoms with Crippen LogP contribution in [0.25, 0.3) is 27.7 Å². The third-order valence-corrected chi connectivity index (χ3v) is 4.48. The maximum absolute atomic E-state index is 5.19. The predicted octanol–water partition coefficient (Wildman–Crippen LogP) is 4.19. The van der Waals surface area contributed by atoms with E-state index in [1.807, 2.05) is 41.7 Å². The lowest BCUT2D eigenvalue weighted by Crippen LogP contribution is -2.00.